The first-order valence-electron chi connectivity index (χ1n) is 9.42. The standard InChI is InChI=1S/C22H26Cl2N2O2S/c1-15(2)25-22(28)16(3)26(12-18-5-4-6-20(24)11-18)21(27)14-29-13-17-7-9-19(23)10-8-17/h4-11,15-16H,12-14H2,1-3H3,(H,25,28). The average molecular weight is 453 g/mol. The Morgan fingerprint density at radius 3 is 2.31 bits per heavy atom. The maximum atomic E-state index is 13.0. The zero-order valence-corrected chi connectivity index (χ0v) is 19.2. The van der Waals surface area contributed by atoms with Crippen LogP contribution in [0.2, 0.25) is 10.0 Å². The van der Waals surface area contributed by atoms with Crippen LogP contribution in [0.1, 0.15) is 31.9 Å². The zero-order valence-electron chi connectivity index (χ0n) is 16.8. The van der Waals surface area contributed by atoms with Gasteiger partial charge in [0.15, 0.2) is 0 Å². The maximum absolute atomic E-state index is 13.0. The molecule has 0 radical (unpaired) electrons. The molecule has 156 valence electrons. The first kappa shape index (κ1) is 23.6. The topological polar surface area (TPSA) is 49.4 Å². The van der Waals surface area contributed by atoms with E-state index in [1.165, 1.54) is 11.8 Å². The Balaban J connectivity index is 2.06. The van der Waals surface area contributed by atoms with Crippen LogP contribution in [0, 0.1) is 0 Å². The van der Waals surface area contributed by atoms with E-state index in [9.17, 15) is 9.59 Å². The third kappa shape index (κ3) is 7.92. The molecule has 0 heterocycles. The molecule has 0 aromatic heterocycles. The summed E-state index contributed by atoms with van der Waals surface area (Å²) in [5.74, 6) is 0.719. The van der Waals surface area contributed by atoms with Crippen LogP contribution in [0.3, 0.4) is 0 Å². The van der Waals surface area contributed by atoms with Gasteiger partial charge in [-0.25, -0.2) is 0 Å². The molecule has 0 fully saturated rings. The van der Waals surface area contributed by atoms with Crippen molar-refractivity contribution in [1.82, 2.24) is 10.2 Å². The predicted molar refractivity (Wildman–Crippen MR) is 122 cm³/mol. The lowest BCUT2D eigenvalue weighted by Crippen LogP contribution is -2.49. The highest BCUT2D eigenvalue weighted by Crippen LogP contribution is 2.19. The Hall–Kier alpha value is -1.69. The van der Waals surface area contributed by atoms with E-state index in [2.05, 4.69) is 5.32 Å². The van der Waals surface area contributed by atoms with Crippen molar-refractivity contribution in [1.29, 1.82) is 0 Å². The lowest BCUT2D eigenvalue weighted by molar-refractivity contribution is -0.138. The second-order valence-corrected chi connectivity index (χ2v) is 8.97. The number of amides is 2. The van der Waals surface area contributed by atoms with Gasteiger partial charge in [-0.3, -0.25) is 9.59 Å². The Labute approximate surface area is 187 Å². The van der Waals surface area contributed by atoms with Crippen molar-refractivity contribution in [3.8, 4) is 0 Å². The molecule has 0 aliphatic carbocycles. The van der Waals surface area contributed by atoms with Crippen LogP contribution in [0.4, 0.5) is 0 Å². The van der Waals surface area contributed by atoms with Gasteiger partial charge in [0.25, 0.3) is 0 Å². The lowest BCUT2D eigenvalue weighted by Gasteiger charge is -2.29. The molecule has 0 saturated heterocycles. The minimum Gasteiger partial charge on any atom is -0.352 e. The van der Waals surface area contributed by atoms with E-state index in [1.807, 2.05) is 56.3 Å². The molecule has 29 heavy (non-hydrogen) atoms. The molecule has 2 aromatic rings. The fraction of sp³-hybridized carbons (Fsp3) is 0.364. The van der Waals surface area contributed by atoms with Gasteiger partial charge in [-0.1, -0.05) is 47.5 Å². The number of halogens is 2. The normalized spacial score (nSPS) is 11.9. The molecule has 0 aliphatic rings. The van der Waals surface area contributed by atoms with E-state index in [0.717, 1.165) is 11.1 Å². The second kappa shape index (κ2) is 11.5. The Morgan fingerprint density at radius 2 is 1.69 bits per heavy atom. The van der Waals surface area contributed by atoms with Crippen LogP contribution in [0.15, 0.2) is 48.5 Å². The third-order valence-corrected chi connectivity index (χ3v) is 5.72. The summed E-state index contributed by atoms with van der Waals surface area (Å²) in [7, 11) is 0. The SMILES string of the molecule is CC(C)NC(=O)C(C)N(Cc1cccc(Cl)c1)C(=O)CSCc1ccc(Cl)cc1. The summed E-state index contributed by atoms with van der Waals surface area (Å²) in [5, 5.41) is 4.17. The molecule has 0 bridgehead atoms. The molecule has 1 N–H and O–H groups in total. The van der Waals surface area contributed by atoms with Crippen molar-refractivity contribution in [3.05, 3.63) is 69.7 Å². The number of nitrogens with zero attached hydrogens (tertiary/aromatic N) is 1. The molecular weight excluding hydrogens is 427 g/mol. The highest BCUT2D eigenvalue weighted by atomic mass is 35.5. The molecule has 1 atom stereocenters. The van der Waals surface area contributed by atoms with Crippen LogP contribution in [-0.2, 0) is 21.9 Å². The van der Waals surface area contributed by atoms with Crippen LogP contribution in [0.5, 0.6) is 0 Å². The molecule has 7 heteroatoms. The summed E-state index contributed by atoms with van der Waals surface area (Å²) in [6.45, 7) is 5.88. The molecule has 2 rings (SSSR count). The number of hydrogen-bond acceptors (Lipinski definition) is 3. The van der Waals surface area contributed by atoms with E-state index < -0.39 is 6.04 Å². The smallest absolute Gasteiger partial charge is 0.242 e. The zero-order chi connectivity index (χ0) is 21.4. The highest BCUT2D eigenvalue weighted by Gasteiger charge is 2.26. The Morgan fingerprint density at radius 1 is 1.00 bits per heavy atom. The number of carbonyl (C=O) groups is 2. The minimum atomic E-state index is -0.583. The van der Waals surface area contributed by atoms with Gasteiger partial charge in [0, 0.05) is 28.4 Å². The summed E-state index contributed by atoms with van der Waals surface area (Å²) in [5.41, 5.74) is 1.98. The quantitative estimate of drug-likeness (QED) is 0.570. The molecular formula is C22H26Cl2N2O2S. The van der Waals surface area contributed by atoms with Gasteiger partial charge in [-0.2, -0.15) is 0 Å². The van der Waals surface area contributed by atoms with Gasteiger partial charge in [-0.05, 0) is 56.2 Å². The summed E-state index contributed by atoms with van der Waals surface area (Å²) in [4.78, 5) is 27.1. The summed E-state index contributed by atoms with van der Waals surface area (Å²) < 4.78 is 0. The number of nitrogens with one attached hydrogen (secondary N) is 1. The summed E-state index contributed by atoms with van der Waals surface area (Å²) >= 11 is 13.5. The fourth-order valence-corrected chi connectivity index (χ4v) is 3.95. The summed E-state index contributed by atoms with van der Waals surface area (Å²) in [6, 6.07) is 14.3. The first-order chi connectivity index (χ1) is 13.8. The van der Waals surface area contributed by atoms with Crippen molar-refractivity contribution < 1.29 is 9.59 Å². The van der Waals surface area contributed by atoms with Gasteiger partial charge in [0.2, 0.25) is 11.8 Å². The molecule has 1 unspecified atom stereocenters. The summed E-state index contributed by atoms with van der Waals surface area (Å²) in [6.07, 6.45) is 0. The predicted octanol–water partition coefficient (Wildman–Crippen LogP) is 5.17. The van der Waals surface area contributed by atoms with Crippen molar-refractivity contribution in [2.75, 3.05) is 5.75 Å². The van der Waals surface area contributed by atoms with E-state index in [4.69, 9.17) is 23.2 Å². The van der Waals surface area contributed by atoms with E-state index >= 15 is 0 Å². The number of hydrogen-bond donors (Lipinski definition) is 1. The van der Waals surface area contributed by atoms with Gasteiger partial charge in [0.1, 0.15) is 6.04 Å². The van der Waals surface area contributed by atoms with Gasteiger partial charge >= 0.3 is 0 Å². The maximum Gasteiger partial charge on any atom is 0.242 e. The van der Waals surface area contributed by atoms with E-state index in [1.54, 1.807) is 17.9 Å². The Kier molecular flexibility index (Phi) is 9.34. The van der Waals surface area contributed by atoms with Gasteiger partial charge < -0.3 is 10.2 Å². The number of thioether (sulfide) groups is 1. The van der Waals surface area contributed by atoms with Crippen LogP contribution in [0.25, 0.3) is 0 Å². The Bertz CT molecular complexity index is 828. The van der Waals surface area contributed by atoms with Crippen LogP contribution in [-0.4, -0.2) is 34.6 Å². The molecule has 0 aliphatic heterocycles. The molecule has 0 saturated carbocycles. The largest absolute Gasteiger partial charge is 0.352 e. The van der Waals surface area contributed by atoms with Crippen molar-refractivity contribution >= 4 is 46.8 Å². The van der Waals surface area contributed by atoms with E-state index in [-0.39, 0.29) is 23.6 Å². The van der Waals surface area contributed by atoms with Gasteiger partial charge in [0.05, 0.1) is 5.75 Å². The monoisotopic (exact) mass is 452 g/mol. The molecule has 2 amide bonds. The van der Waals surface area contributed by atoms with Crippen LogP contribution >= 0.6 is 35.0 Å². The number of rotatable bonds is 9. The second-order valence-electron chi connectivity index (χ2n) is 7.11. The number of benzene rings is 2. The lowest BCUT2D eigenvalue weighted by atomic mass is 10.1. The average Bonchev–Trinajstić information content (AvgIpc) is 2.66. The van der Waals surface area contributed by atoms with E-state index in [0.29, 0.717) is 22.3 Å². The molecule has 0 spiro atoms. The minimum absolute atomic E-state index is 0.00681. The first-order valence-corrected chi connectivity index (χ1v) is 11.3. The highest BCUT2D eigenvalue weighted by molar-refractivity contribution is 7.99. The van der Waals surface area contributed by atoms with Crippen molar-refractivity contribution in [3.63, 3.8) is 0 Å². The van der Waals surface area contributed by atoms with Crippen molar-refractivity contribution in [2.24, 2.45) is 0 Å². The number of carbonyl (C=O) groups excluding carboxylic acids is 2. The van der Waals surface area contributed by atoms with Crippen LogP contribution < -0.4 is 5.32 Å². The van der Waals surface area contributed by atoms with Crippen molar-refractivity contribution in [2.45, 2.75) is 45.2 Å². The van der Waals surface area contributed by atoms with Gasteiger partial charge in [-0.15, -0.1) is 11.8 Å². The molecule has 4 nitrogen and oxygen atoms in total. The molecule has 2 aromatic carbocycles. The fourth-order valence-electron chi connectivity index (χ4n) is 2.74. The third-order valence-electron chi connectivity index (χ3n) is 4.25.